The number of nitrogens with zero attached hydrogens (tertiary/aromatic N) is 2. The molecule has 5 rings (SSSR count). The Kier molecular flexibility index (Phi) is 3.11. The van der Waals surface area contributed by atoms with Crippen molar-refractivity contribution in [3.63, 3.8) is 0 Å². The van der Waals surface area contributed by atoms with Gasteiger partial charge >= 0.3 is 5.82 Å². The fourth-order valence-electron chi connectivity index (χ4n) is 3.69. The van der Waals surface area contributed by atoms with Crippen LogP contribution in [0, 0.1) is 5.21 Å². The highest BCUT2D eigenvalue weighted by atomic mass is 35.5. The largest absolute Gasteiger partial charge is 0.710 e. The number of fused-ring (bicyclic) bond motifs is 6. The quantitative estimate of drug-likeness (QED) is 0.195. The Bertz CT molecular complexity index is 1250. The SMILES string of the molecule is [O-][n+]1c(-c2cccc(Cl)c2)n(O)c2c3ccccc3c3ccccc3c21. The molecule has 0 aliphatic heterocycles. The van der Waals surface area contributed by atoms with E-state index in [-0.39, 0.29) is 5.82 Å². The Labute approximate surface area is 153 Å². The molecule has 0 unspecified atom stereocenters. The van der Waals surface area contributed by atoms with Gasteiger partial charge in [0.05, 0.1) is 5.56 Å². The van der Waals surface area contributed by atoms with E-state index in [2.05, 4.69) is 0 Å². The van der Waals surface area contributed by atoms with Gasteiger partial charge in [-0.25, -0.2) is 4.73 Å². The molecule has 26 heavy (non-hydrogen) atoms. The lowest BCUT2D eigenvalue weighted by molar-refractivity contribution is -0.566. The fraction of sp³-hybridized carbons (Fsp3) is 0. The lowest BCUT2D eigenvalue weighted by atomic mass is 10.00. The van der Waals surface area contributed by atoms with Gasteiger partial charge in [-0.3, -0.25) is 0 Å². The van der Waals surface area contributed by atoms with Crippen molar-refractivity contribution in [3.05, 3.63) is 83.0 Å². The minimum Gasteiger partial charge on any atom is -0.710 e. The predicted molar refractivity (Wildman–Crippen MR) is 104 cm³/mol. The molecule has 5 aromatic rings. The zero-order valence-electron chi connectivity index (χ0n) is 13.6. The van der Waals surface area contributed by atoms with Crippen molar-refractivity contribution in [2.24, 2.45) is 0 Å². The first-order valence-electron chi connectivity index (χ1n) is 8.19. The summed E-state index contributed by atoms with van der Waals surface area (Å²) in [5, 5.41) is 28.2. The van der Waals surface area contributed by atoms with Gasteiger partial charge in [-0.2, -0.15) is 0 Å². The van der Waals surface area contributed by atoms with Crippen LogP contribution in [0.25, 0.3) is 44.0 Å². The van der Waals surface area contributed by atoms with E-state index in [9.17, 15) is 10.4 Å². The maximum atomic E-state index is 13.2. The van der Waals surface area contributed by atoms with Crippen LogP contribution in [0.3, 0.4) is 0 Å². The molecule has 5 heteroatoms. The molecule has 0 aliphatic carbocycles. The molecule has 4 nitrogen and oxygen atoms in total. The number of benzene rings is 4. The van der Waals surface area contributed by atoms with Gasteiger partial charge in [-0.1, -0.05) is 54.1 Å². The van der Waals surface area contributed by atoms with Crippen LogP contribution >= 0.6 is 11.6 Å². The predicted octanol–water partition coefficient (Wildman–Crippen LogP) is 5.14. The van der Waals surface area contributed by atoms with Crippen molar-refractivity contribution < 1.29 is 9.94 Å². The first-order chi connectivity index (χ1) is 12.7. The van der Waals surface area contributed by atoms with Gasteiger partial charge in [-0.15, -0.1) is 0 Å². The van der Waals surface area contributed by atoms with Gasteiger partial charge in [0.25, 0.3) is 0 Å². The Morgan fingerprint density at radius 1 is 0.808 bits per heavy atom. The van der Waals surface area contributed by atoms with Gasteiger partial charge in [0.1, 0.15) is 0 Å². The molecule has 0 spiro atoms. The number of rotatable bonds is 1. The summed E-state index contributed by atoms with van der Waals surface area (Å²) in [7, 11) is 0. The number of imidazole rings is 1. The van der Waals surface area contributed by atoms with E-state index in [1.807, 2.05) is 48.5 Å². The lowest BCUT2D eigenvalue weighted by Crippen LogP contribution is -2.28. The van der Waals surface area contributed by atoms with Gasteiger partial charge in [0, 0.05) is 15.8 Å². The van der Waals surface area contributed by atoms with E-state index >= 15 is 0 Å². The van der Waals surface area contributed by atoms with Crippen LogP contribution in [-0.2, 0) is 0 Å². The van der Waals surface area contributed by atoms with Crippen LogP contribution in [0.2, 0.25) is 5.02 Å². The van der Waals surface area contributed by atoms with Crippen LogP contribution in [0.4, 0.5) is 0 Å². The molecule has 0 saturated carbocycles. The molecular weight excluding hydrogens is 348 g/mol. The van der Waals surface area contributed by atoms with Crippen molar-refractivity contribution in [1.82, 2.24) is 4.73 Å². The van der Waals surface area contributed by atoms with Crippen molar-refractivity contribution >= 4 is 44.2 Å². The molecule has 0 saturated heterocycles. The molecule has 126 valence electrons. The Morgan fingerprint density at radius 2 is 1.42 bits per heavy atom. The monoisotopic (exact) mass is 360 g/mol. The third-order valence-electron chi connectivity index (χ3n) is 4.77. The first-order valence-corrected chi connectivity index (χ1v) is 8.57. The lowest BCUT2D eigenvalue weighted by Gasteiger charge is -2.06. The van der Waals surface area contributed by atoms with E-state index in [1.165, 1.54) is 0 Å². The zero-order valence-corrected chi connectivity index (χ0v) is 14.3. The van der Waals surface area contributed by atoms with Crippen molar-refractivity contribution in [2.45, 2.75) is 0 Å². The minimum atomic E-state index is 0.143. The Morgan fingerprint density at radius 3 is 2.12 bits per heavy atom. The second-order valence-electron chi connectivity index (χ2n) is 6.23. The molecule has 0 radical (unpaired) electrons. The highest BCUT2D eigenvalue weighted by molar-refractivity contribution is 6.30. The second-order valence-corrected chi connectivity index (χ2v) is 6.66. The summed E-state index contributed by atoms with van der Waals surface area (Å²) >= 11 is 6.09. The molecule has 1 N–H and O–H groups in total. The molecule has 0 atom stereocenters. The summed E-state index contributed by atoms with van der Waals surface area (Å²) in [5.41, 5.74) is 1.49. The highest BCUT2D eigenvalue weighted by Crippen LogP contribution is 2.35. The molecule has 4 aromatic carbocycles. The highest BCUT2D eigenvalue weighted by Gasteiger charge is 2.27. The number of halogens is 1. The average molecular weight is 361 g/mol. The van der Waals surface area contributed by atoms with E-state index in [1.54, 1.807) is 24.3 Å². The summed E-state index contributed by atoms with van der Waals surface area (Å²) in [6.07, 6.45) is 0. The first kappa shape index (κ1) is 15.0. The maximum Gasteiger partial charge on any atom is 0.332 e. The Hall–Kier alpha value is -3.24. The van der Waals surface area contributed by atoms with E-state index < -0.39 is 0 Å². The van der Waals surface area contributed by atoms with Crippen LogP contribution in [0.5, 0.6) is 0 Å². The van der Waals surface area contributed by atoms with E-state index in [0.29, 0.717) is 21.6 Å². The number of hydrogen-bond donors (Lipinski definition) is 1. The molecule has 0 bridgehead atoms. The van der Waals surface area contributed by atoms with Crippen molar-refractivity contribution in [1.29, 1.82) is 0 Å². The zero-order chi connectivity index (χ0) is 17.8. The van der Waals surface area contributed by atoms with Gasteiger partial charge in [0.2, 0.25) is 5.52 Å². The second kappa shape index (κ2) is 5.38. The fourth-order valence-corrected chi connectivity index (χ4v) is 3.88. The summed E-state index contributed by atoms with van der Waals surface area (Å²) in [5.74, 6) is 0.143. The van der Waals surface area contributed by atoms with Gasteiger partial charge in [-0.05, 0) is 45.8 Å². The third-order valence-corrected chi connectivity index (χ3v) is 5.00. The summed E-state index contributed by atoms with van der Waals surface area (Å²) < 4.78 is 1.76. The molecule has 0 amide bonds. The van der Waals surface area contributed by atoms with Crippen LogP contribution < -0.4 is 4.73 Å². The Balaban J connectivity index is 2.06. The van der Waals surface area contributed by atoms with Crippen LogP contribution in [0.1, 0.15) is 0 Å². The number of aromatic nitrogens is 2. The minimum absolute atomic E-state index is 0.143. The van der Waals surface area contributed by atoms with Gasteiger partial charge < -0.3 is 10.4 Å². The molecule has 1 heterocycles. The molecule has 0 fully saturated rings. The molecular formula is C21H13ClN2O2. The van der Waals surface area contributed by atoms with E-state index in [4.69, 9.17) is 11.6 Å². The summed E-state index contributed by atoms with van der Waals surface area (Å²) in [6, 6.07) is 22.4. The smallest absolute Gasteiger partial charge is 0.332 e. The van der Waals surface area contributed by atoms with Gasteiger partial charge in [0.15, 0.2) is 5.52 Å². The van der Waals surface area contributed by atoms with Crippen molar-refractivity contribution in [2.75, 3.05) is 0 Å². The summed E-state index contributed by atoms with van der Waals surface area (Å²) in [6.45, 7) is 0. The normalized spacial score (nSPS) is 11.6. The standard InChI is InChI=1S/C21H13ClN2O2/c22-14-7-5-6-13(12-14)21-23(25)19-17-10-3-1-8-15(17)16-9-2-4-11-18(16)20(19)24(21)26/h1-12,25H. The third kappa shape index (κ3) is 1.93. The van der Waals surface area contributed by atoms with Crippen molar-refractivity contribution in [3.8, 4) is 11.4 Å². The van der Waals surface area contributed by atoms with Crippen LogP contribution in [0.15, 0.2) is 72.8 Å². The number of hydrogen-bond acceptors (Lipinski definition) is 2. The summed E-state index contributed by atoms with van der Waals surface area (Å²) in [4.78, 5) is 0. The van der Waals surface area contributed by atoms with Crippen LogP contribution in [-0.4, -0.2) is 9.94 Å². The molecule has 1 aromatic heterocycles. The topological polar surface area (TPSA) is 52.1 Å². The maximum absolute atomic E-state index is 13.2. The van der Waals surface area contributed by atoms with E-state index in [0.717, 1.165) is 31.0 Å². The molecule has 0 aliphatic rings. The average Bonchev–Trinajstić information content (AvgIpc) is 2.93.